The minimum absolute atomic E-state index is 0.129. The highest BCUT2D eigenvalue weighted by molar-refractivity contribution is 9.10. The molecule has 0 bridgehead atoms. The Balaban J connectivity index is 2.75. The molecule has 2 aromatic heterocycles. The smallest absolute Gasteiger partial charge is 0.360 e. The van der Waals surface area contributed by atoms with Gasteiger partial charge in [0.25, 0.3) is 0 Å². The summed E-state index contributed by atoms with van der Waals surface area (Å²) in [5.41, 5.74) is 6.49. The second-order valence-electron chi connectivity index (χ2n) is 2.89. The standard InChI is InChI=1S/C9H8BrN3O2/c1-15-9(14)6-7(11)13-4-2-3-5(10)8(13)12-6/h2-4H,11H2,1H3. The van der Waals surface area contributed by atoms with Gasteiger partial charge < -0.3 is 10.5 Å². The van der Waals surface area contributed by atoms with Gasteiger partial charge in [-0.3, -0.25) is 4.40 Å². The summed E-state index contributed by atoms with van der Waals surface area (Å²) in [7, 11) is 1.29. The lowest BCUT2D eigenvalue weighted by atomic mass is 10.4. The molecule has 0 saturated carbocycles. The number of ether oxygens (including phenoxy) is 1. The molecule has 2 N–H and O–H groups in total. The Morgan fingerprint density at radius 1 is 1.67 bits per heavy atom. The third-order valence-electron chi connectivity index (χ3n) is 2.02. The maximum Gasteiger partial charge on any atom is 0.360 e. The Labute approximate surface area is 94.0 Å². The molecule has 5 nitrogen and oxygen atoms in total. The summed E-state index contributed by atoms with van der Waals surface area (Å²) >= 11 is 3.32. The molecule has 6 heteroatoms. The molecule has 2 rings (SSSR count). The van der Waals surface area contributed by atoms with Gasteiger partial charge in [-0.2, -0.15) is 0 Å². The van der Waals surface area contributed by atoms with Gasteiger partial charge in [0.2, 0.25) is 0 Å². The normalized spacial score (nSPS) is 10.5. The Bertz CT molecular complexity index is 535. The number of esters is 1. The Hall–Kier alpha value is -1.56. The number of nitrogens with two attached hydrogens (primary N) is 1. The summed E-state index contributed by atoms with van der Waals surface area (Å²) in [6, 6.07) is 3.62. The minimum atomic E-state index is -0.539. The van der Waals surface area contributed by atoms with Gasteiger partial charge in [0, 0.05) is 6.20 Å². The van der Waals surface area contributed by atoms with Gasteiger partial charge in [-0.25, -0.2) is 9.78 Å². The van der Waals surface area contributed by atoms with E-state index < -0.39 is 5.97 Å². The van der Waals surface area contributed by atoms with Crippen molar-refractivity contribution in [2.45, 2.75) is 0 Å². The van der Waals surface area contributed by atoms with E-state index in [1.165, 1.54) is 7.11 Å². The summed E-state index contributed by atoms with van der Waals surface area (Å²) in [5, 5.41) is 0. The maximum atomic E-state index is 11.3. The zero-order valence-corrected chi connectivity index (χ0v) is 9.48. The number of nitrogen functional groups attached to an aromatic ring is 1. The van der Waals surface area contributed by atoms with Gasteiger partial charge in [-0.05, 0) is 28.1 Å². The van der Waals surface area contributed by atoms with Crippen molar-refractivity contribution in [3.63, 3.8) is 0 Å². The first-order valence-corrected chi connectivity index (χ1v) is 4.95. The molecule has 0 aliphatic carbocycles. The monoisotopic (exact) mass is 269 g/mol. The van der Waals surface area contributed by atoms with Crippen molar-refractivity contribution in [2.24, 2.45) is 0 Å². The van der Waals surface area contributed by atoms with Gasteiger partial charge in [0.15, 0.2) is 11.3 Å². The summed E-state index contributed by atoms with van der Waals surface area (Å²) < 4.78 is 6.97. The zero-order chi connectivity index (χ0) is 11.0. The van der Waals surface area contributed by atoms with Crippen molar-refractivity contribution >= 4 is 33.4 Å². The van der Waals surface area contributed by atoms with Crippen LogP contribution in [0.1, 0.15) is 10.5 Å². The van der Waals surface area contributed by atoms with Gasteiger partial charge in [-0.15, -0.1) is 0 Å². The average molecular weight is 270 g/mol. The molecule has 0 fully saturated rings. The van der Waals surface area contributed by atoms with E-state index in [-0.39, 0.29) is 11.5 Å². The number of carbonyl (C=O) groups excluding carboxylic acids is 1. The predicted molar refractivity (Wildman–Crippen MR) is 58.6 cm³/mol. The highest BCUT2D eigenvalue weighted by Gasteiger charge is 2.17. The molecule has 2 heterocycles. The number of hydrogen-bond acceptors (Lipinski definition) is 4. The van der Waals surface area contributed by atoms with Crippen LogP contribution in [0.25, 0.3) is 5.65 Å². The van der Waals surface area contributed by atoms with Crippen LogP contribution >= 0.6 is 15.9 Å². The first-order chi connectivity index (χ1) is 7.15. The van der Waals surface area contributed by atoms with Gasteiger partial charge in [0.05, 0.1) is 11.6 Å². The van der Waals surface area contributed by atoms with Crippen LogP contribution in [-0.4, -0.2) is 22.5 Å². The van der Waals surface area contributed by atoms with Gasteiger partial charge >= 0.3 is 5.97 Å². The predicted octanol–water partition coefficient (Wildman–Crippen LogP) is 1.47. The van der Waals surface area contributed by atoms with Crippen molar-refractivity contribution in [2.75, 3.05) is 12.8 Å². The quantitative estimate of drug-likeness (QED) is 0.796. The zero-order valence-electron chi connectivity index (χ0n) is 7.90. The van der Waals surface area contributed by atoms with Crippen molar-refractivity contribution in [1.82, 2.24) is 9.38 Å². The van der Waals surface area contributed by atoms with E-state index >= 15 is 0 Å². The largest absolute Gasteiger partial charge is 0.464 e. The number of halogens is 1. The Morgan fingerprint density at radius 2 is 2.40 bits per heavy atom. The first kappa shape index (κ1) is 9.97. The summed E-state index contributed by atoms with van der Waals surface area (Å²) in [5.74, 6) is -0.263. The Morgan fingerprint density at radius 3 is 3.00 bits per heavy atom. The van der Waals surface area contributed by atoms with Crippen LogP contribution in [0, 0.1) is 0 Å². The lowest BCUT2D eigenvalue weighted by molar-refractivity contribution is 0.0596. The van der Waals surface area contributed by atoms with E-state index in [0.717, 1.165) is 4.47 Å². The van der Waals surface area contributed by atoms with Crippen LogP contribution in [0.15, 0.2) is 22.8 Å². The number of anilines is 1. The average Bonchev–Trinajstić information content (AvgIpc) is 2.57. The highest BCUT2D eigenvalue weighted by atomic mass is 79.9. The van der Waals surface area contributed by atoms with Gasteiger partial charge in [0.1, 0.15) is 5.82 Å². The van der Waals surface area contributed by atoms with E-state index in [1.54, 1.807) is 16.7 Å². The number of aromatic nitrogens is 2. The maximum absolute atomic E-state index is 11.3. The van der Waals surface area contributed by atoms with Crippen molar-refractivity contribution in [1.29, 1.82) is 0 Å². The molecule has 0 unspecified atom stereocenters. The first-order valence-electron chi connectivity index (χ1n) is 4.15. The van der Waals surface area contributed by atoms with Crippen LogP contribution in [0.3, 0.4) is 0 Å². The van der Waals surface area contributed by atoms with Crippen molar-refractivity contribution in [3.8, 4) is 0 Å². The van der Waals surface area contributed by atoms with E-state index in [9.17, 15) is 4.79 Å². The third-order valence-corrected chi connectivity index (χ3v) is 2.64. The second kappa shape index (κ2) is 3.54. The fraction of sp³-hybridized carbons (Fsp3) is 0.111. The summed E-state index contributed by atoms with van der Waals surface area (Å²) in [6.45, 7) is 0. The van der Waals surface area contributed by atoms with Gasteiger partial charge in [-0.1, -0.05) is 0 Å². The second-order valence-corrected chi connectivity index (χ2v) is 3.74. The third kappa shape index (κ3) is 1.46. The summed E-state index contributed by atoms with van der Waals surface area (Å²) in [6.07, 6.45) is 1.73. The van der Waals surface area contributed by atoms with Crippen molar-refractivity contribution in [3.05, 3.63) is 28.5 Å². The fourth-order valence-corrected chi connectivity index (χ4v) is 1.73. The molecule has 2 aromatic rings. The molecule has 15 heavy (non-hydrogen) atoms. The molecule has 78 valence electrons. The van der Waals surface area contributed by atoms with E-state index in [0.29, 0.717) is 5.65 Å². The number of hydrogen-bond donors (Lipinski definition) is 1. The lowest BCUT2D eigenvalue weighted by Crippen LogP contribution is -2.05. The van der Waals surface area contributed by atoms with E-state index in [4.69, 9.17) is 5.73 Å². The fourth-order valence-electron chi connectivity index (χ4n) is 1.30. The number of rotatable bonds is 1. The number of carbonyl (C=O) groups is 1. The molecular formula is C9H8BrN3O2. The van der Waals surface area contributed by atoms with Crippen molar-refractivity contribution < 1.29 is 9.53 Å². The van der Waals surface area contributed by atoms with E-state index in [2.05, 4.69) is 25.7 Å². The molecule has 0 aliphatic heterocycles. The topological polar surface area (TPSA) is 69.6 Å². The number of pyridine rings is 1. The molecule has 0 radical (unpaired) electrons. The minimum Gasteiger partial charge on any atom is -0.464 e. The van der Waals surface area contributed by atoms with Crippen LogP contribution < -0.4 is 5.73 Å². The SMILES string of the molecule is COC(=O)c1nc2c(Br)cccn2c1N. The molecule has 0 amide bonds. The van der Waals surface area contributed by atoms with Crippen LogP contribution in [0.2, 0.25) is 0 Å². The number of methoxy groups -OCH3 is 1. The molecule has 0 aliphatic rings. The molecular weight excluding hydrogens is 262 g/mol. The van der Waals surface area contributed by atoms with Crippen LogP contribution in [0.5, 0.6) is 0 Å². The number of imidazole rings is 1. The summed E-state index contributed by atoms with van der Waals surface area (Å²) in [4.78, 5) is 15.4. The highest BCUT2D eigenvalue weighted by Crippen LogP contribution is 2.22. The number of nitrogens with zero attached hydrogens (tertiary/aromatic N) is 2. The molecule has 0 aromatic carbocycles. The lowest BCUT2D eigenvalue weighted by Gasteiger charge is -1.97. The van der Waals surface area contributed by atoms with E-state index in [1.807, 2.05) is 6.07 Å². The molecule has 0 saturated heterocycles. The van der Waals surface area contributed by atoms with Crippen LogP contribution in [0.4, 0.5) is 5.82 Å². The van der Waals surface area contributed by atoms with Crippen LogP contribution in [-0.2, 0) is 4.74 Å². The molecule has 0 spiro atoms. The Kier molecular flexibility index (Phi) is 2.36. The molecule has 0 atom stereocenters. The number of fused-ring (bicyclic) bond motifs is 1.